The molecule has 0 aliphatic rings. The number of aryl methyl sites for hydroxylation is 1. The molecule has 1 aromatic carbocycles. The van der Waals surface area contributed by atoms with Crippen molar-refractivity contribution in [2.45, 2.75) is 47.1 Å². The molecule has 1 rings (SSSR count). The predicted octanol–water partition coefficient (Wildman–Crippen LogP) is 4.22. The Labute approximate surface area is 111 Å². The lowest BCUT2D eigenvalue weighted by atomic mass is 10.2. The Balaban J connectivity index is 0.00000137. The Kier molecular flexibility index (Phi) is 8.01. The zero-order valence-corrected chi connectivity index (χ0v) is 12.7. The normalized spacial score (nSPS) is 11.1. The quantitative estimate of drug-likeness (QED) is 0.787. The minimum Gasteiger partial charge on any atom is -0.493 e. The molecule has 0 aliphatic heterocycles. The van der Waals surface area contributed by atoms with Gasteiger partial charge in [0.2, 0.25) is 5.75 Å². The van der Waals surface area contributed by atoms with Crippen molar-refractivity contribution in [3.8, 4) is 17.2 Å². The fourth-order valence-corrected chi connectivity index (χ4v) is 1.41. The first-order chi connectivity index (χ1) is 8.62. The topological polar surface area (TPSA) is 27.7 Å². The number of hydrogen-bond donors (Lipinski definition) is 0. The van der Waals surface area contributed by atoms with E-state index in [2.05, 4.69) is 6.92 Å². The van der Waals surface area contributed by atoms with Crippen molar-refractivity contribution in [2.75, 3.05) is 14.2 Å². The zero-order valence-electron chi connectivity index (χ0n) is 12.7. The average molecular weight is 254 g/mol. The molecule has 0 saturated carbocycles. The Morgan fingerprint density at radius 1 is 1.06 bits per heavy atom. The lowest BCUT2D eigenvalue weighted by Gasteiger charge is -2.18. The summed E-state index contributed by atoms with van der Waals surface area (Å²) in [7, 11) is 3.27. The summed E-state index contributed by atoms with van der Waals surface area (Å²) in [5.74, 6) is 2.12. The molecule has 1 aromatic rings. The molecule has 0 spiro atoms. The SMILES string of the molecule is CC.CCC(C)Oc1c(OC)cc(C)cc1OC. The van der Waals surface area contributed by atoms with Crippen LogP contribution in [0.2, 0.25) is 0 Å². The van der Waals surface area contributed by atoms with Crippen molar-refractivity contribution in [1.29, 1.82) is 0 Å². The molecule has 1 unspecified atom stereocenters. The lowest BCUT2D eigenvalue weighted by molar-refractivity contribution is 0.198. The van der Waals surface area contributed by atoms with Crippen LogP contribution in [0.25, 0.3) is 0 Å². The van der Waals surface area contributed by atoms with E-state index in [9.17, 15) is 0 Å². The molecule has 0 aliphatic carbocycles. The standard InChI is InChI=1S/C13H20O3.C2H6/c1-6-10(3)16-13-11(14-4)7-9(2)8-12(13)15-5;1-2/h7-8,10H,6H2,1-5H3;1-2H3. The van der Waals surface area contributed by atoms with Crippen LogP contribution in [0.4, 0.5) is 0 Å². The molecule has 0 aromatic heterocycles. The van der Waals surface area contributed by atoms with Gasteiger partial charge in [0.1, 0.15) is 0 Å². The molecular weight excluding hydrogens is 228 g/mol. The summed E-state index contributed by atoms with van der Waals surface area (Å²) in [5.41, 5.74) is 1.09. The van der Waals surface area contributed by atoms with Gasteiger partial charge in [-0.15, -0.1) is 0 Å². The van der Waals surface area contributed by atoms with Gasteiger partial charge < -0.3 is 14.2 Å². The van der Waals surface area contributed by atoms with Crippen LogP contribution in [0, 0.1) is 6.92 Å². The molecule has 0 N–H and O–H groups in total. The van der Waals surface area contributed by atoms with E-state index in [1.807, 2.05) is 39.8 Å². The first-order valence-electron chi connectivity index (χ1n) is 6.51. The summed E-state index contributed by atoms with van der Waals surface area (Å²) in [5, 5.41) is 0. The second-order valence-electron chi connectivity index (χ2n) is 3.84. The maximum atomic E-state index is 5.81. The molecule has 0 amide bonds. The van der Waals surface area contributed by atoms with E-state index in [1.54, 1.807) is 14.2 Å². The highest BCUT2D eigenvalue weighted by molar-refractivity contribution is 5.53. The van der Waals surface area contributed by atoms with Crippen LogP contribution in [0.3, 0.4) is 0 Å². The zero-order chi connectivity index (χ0) is 14.1. The highest BCUT2D eigenvalue weighted by Crippen LogP contribution is 2.39. The molecule has 3 nitrogen and oxygen atoms in total. The van der Waals surface area contributed by atoms with Crippen molar-refractivity contribution >= 4 is 0 Å². The monoisotopic (exact) mass is 254 g/mol. The number of methoxy groups -OCH3 is 2. The van der Waals surface area contributed by atoms with E-state index < -0.39 is 0 Å². The van der Waals surface area contributed by atoms with Crippen molar-refractivity contribution in [1.82, 2.24) is 0 Å². The van der Waals surface area contributed by atoms with Crippen LogP contribution in [-0.2, 0) is 0 Å². The fourth-order valence-electron chi connectivity index (χ4n) is 1.41. The van der Waals surface area contributed by atoms with Gasteiger partial charge in [0.15, 0.2) is 11.5 Å². The van der Waals surface area contributed by atoms with Gasteiger partial charge in [-0.1, -0.05) is 20.8 Å². The Bertz CT molecular complexity index is 323. The highest BCUT2D eigenvalue weighted by Gasteiger charge is 2.14. The van der Waals surface area contributed by atoms with Crippen molar-refractivity contribution in [2.24, 2.45) is 0 Å². The molecular formula is C15H26O3. The van der Waals surface area contributed by atoms with Crippen LogP contribution < -0.4 is 14.2 Å². The van der Waals surface area contributed by atoms with Crippen molar-refractivity contribution < 1.29 is 14.2 Å². The number of hydrogen-bond acceptors (Lipinski definition) is 3. The summed E-state index contributed by atoms with van der Waals surface area (Å²) in [6.07, 6.45) is 1.09. The molecule has 0 bridgehead atoms. The lowest BCUT2D eigenvalue weighted by Crippen LogP contribution is -2.11. The highest BCUT2D eigenvalue weighted by atomic mass is 16.5. The van der Waals surface area contributed by atoms with Gasteiger partial charge in [0, 0.05) is 0 Å². The van der Waals surface area contributed by atoms with E-state index in [1.165, 1.54) is 0 Å². The van der Waals surface area contributed by atoms with Gasteiger partial charge in [-0.3, -0.25) is 0 Å². The second kappa shape index (κ2) is 8.67. The van der Waals surface area contributed by atoms with Crippen LogP contribution in [0.5, 0.6) is 17.2 Å². The van der Waals surface area contributed by atoms with Gasteiger partial charge in [0.25, 0.3) is 0 Å². The number of rotatable bonds is 5. The molecule has 18 heavy (non-hydrogen) atoms. The fraction of sp³-hybridized carbons (Fsp3) is 0.600. The van der Waals surface area contributed by atoms with E-state index >= 15 is 0 Å². The molecule has 0 radical (unpaired) electrons. The third-order valence-electron chi connectivity index (χ3n) is 2.50. The molecule has 104 valence electrons. The minimum atomic E-state index is 0.144. The predicted molar refractivity (Wildman–Crippen MR) is 76.0 cm³/mol. The van der Waals surface area contributed by atoms with Crippen molar-refractivity contribution in [3.63, 3.8) is 0 Å². The number of ether oxygens (including phenoxy) is 3. The van der Waals surface area contributed by atoms with Gasteiger partial charge in [0.05, 0.1) is 20.3 Å². The summed E-state index contributed by atoms with van der Waals surface area (Å²) in [4.78, 5) is 0. The summed E-state index contributed by atoms with van der Waals surface area (Å²) >= 11 is 0. The van der Waals surface area contributed by atoms with E-state index in [-0.39, 0.29) is 6.10 Å². The largest absolute Gasteiger partial charge is 0.493 e. The molecule has 1 atom stereocenters. The van der Waals surface area contributed by atoms with Crippen LogP contribution in [0.1, 0.15) is 39.7 Å². The van der Waals surface area contributed by atoms with Crippen LogP contribution in [0.15, 0.2) is 12.1 Å². The maximum absolute atomic E-state index is 5.81. The summed E-state index contributed by atoms with van der Waals surface area (Å²) in [6, 6.07) is 3.89. The van der Waals surface area contributed by atoms with Gasteiger partial charge in [-0.2, -0.15) is 0 Å². The van der Waals surface area contributed by atoms with E-state index in [4.69, 9.17) is 14.2 Å². The molecule has 0 heterocycles. The van der Waals surface area contributed by atoms with Crippen LogP contribution >= 0.6 is 0 Å². The molecule has 0 saturated heterocycles. The van der Waals surface area contributed by atoms with Crippen molar-refractivity contribution in [3.05, 3.63) is 17.7 Å². The van der Waals surface area contributed by atoms with Crippen LogP contribution in [-0.4, -0.2) is 20.3 Å². The maximum Gasteiger partial charge on any atom is 0.203 e. The smallest absolute Gasteiger partial charge is 0.203 e. The molecule has 3 heteroatoms. The third-order valence-corrected chi connectivity index (χ3v) is 2.50. The Hall–Kier alpha value is -1.38. The summed E-state index contributed by atoms with van der Waals surface area (Å²) < 4.78 is 16.4. The van der Waals surface area contributed by atoms with E-state index in [0.29, 0.717) is 5.75 Å². The second-order valence-corrected chi connectivity index (χ2v) is 3.84. The average Bonchev–Trinajstić information content (AvgIpc) is 2.41. The molecule has 0 fully saturated rings. The first-order valence-corrected chi connectivity index (χ1v) is 6.51. The Morgan fingerprint density at radius 2 is 1.50 bits per heavy atom. The van der Waals surface area contributed by atoms with E-state index in [0.717, 1.165) is 23.5 Å². The Morgan fingerprint density at radius 3 is 1.83 bits per heavy atom. The summed E-state index contributed by atoms with van der Waals surface area (Å²) in [6.45, 7) is 10.1. The minimum absolute atomic E-state index is 0.144. The first kappa shape index (κ1) is 16.6. The van der Waals surface area contributed by atoms with Gasteiger partial charge in [-0.25, -0.2) is 0 Å². The number of benzene rings is 1. The van der Waals surface area contributed by atoms with Gasteiger partial charge in [-0.05, 0) is 38.0 Å². The van der Waals surface area contributed by atoms with Gasteiger partial charge >= 0.3 is 0 Å². The third kappa shape index (κ3) is 4.47.